The van der Waals surface area contributed by atoms with Crippen molar-refractivity contribution in [3.05, 3.63) is 12.7 Å². The van der Waals surface area contributed by atoms with Crippen molar-refractivity contribution in [2.75, 3.05) is 13.2 Å². The summed E-state index contributed by atoms with van der Waals surface area (Å²) in [5.41, 5.74) is 0. The molecule has 0 unspecified atom stereocenters. The molecule has 0 saturated heterocycles. The van der Waals surface area contributed by atoms with Gasteiger partial charge in [-0.2, -0.15) is 0 Å². The maximum Gasteiger partial charge on any atom is 0.305 e. The van der Waals surface area contributed by atoms with Crippen molar-refractivity contribution in [1.29, 1.82) is 0 Å². The Morgan fingerprint density at radius 2 is 1.67 bits per heavy atom. The molecule has 0 aromatic carbocycles. The molecule has 21 heavy (non-hydrogen) atoms. The first kappa shape index (κ1) is 19.7. The zero-order valence-electron chi connectivity index (χ0n) is 13.5. The van der Waals surface area contributed by atoms with Crippen LogP contribution in [0.3, 0.4) is 0 Å². The van der Waals surface area contributed by atoms with Crippen molar-refractivity contribution in [3.8, 4) is 0 Å². The summed E-state index contributed by atoms with van der Waals surface area (Å²) in [7, 11) is 0. The molecule has 122 valence electrons. The third-order valence-corrected chi connectivity index (χ3v) is 3.25. The normalized spacial score (nSPS) is 10.1. The number of amides is 1. The minimum Gasteiger partial charge on any atom is -0.466 e. The molecule has 0 aliphatic rings. The molecule has 0 radical (unpaired) electrons. The molecule has 4 nitrogen and oxygen atoms in total. The number of esters is 1. The lowest BCUT2D eigenvalue weighted by atomic mass is 10.1. The molecule has 0 heterocycles. The van der Waals surface area contributed by atoms with Crippen molar-refractivity contribution in [3.63, 3.8) is 0 Å². The first-order valence-corrected chi connectivity index (χ1v) is 8.24. The van der Waals surface area contributed by atoms with Gasteiger partial charge in [-0.15, -0.1) is 6.58 Å². The Labute approximate surface area is 129 Å². The van der Waals surface area contributed by atoms with Crippen LogP contribution < -0.4 is 5.32 Å². The molecule has 0 aliphatic carbocycles. The second-order valence-corrected chi connectivity index (χ2v) is 5.21. The quantitative estimate of drug-likeness (QED) is 0.302. The van der Waals surface area contributed by atoms with Crippen molar-refractivity contribution in [2.24, 2.45) is 0 Å². The van der Waals surface area contributed by atoms with E-state index in [1.807, 2.05) is 6.08 Å². The van der Waals surface area contributed by atoms with E-state index in [4.69, 9.17) is 4.74 Å². The van der Waals surface area contributed by atoms with Gasteiger partial charge in [0.25, 0.3) is 0 Å². The number of nitrogens with one attached hydrogen (secondary N) is 1. The fourth-order valence-corrected chi connectivity index (χ4v) is 2.06. The Balaban J connectivity index is 3.27. The van der Waals surface area contributed by atoms with Gasteiger partial charge in [-0.1, -0.05) is 31.8 Å². The maximum absolute atomic E-state index is 11.5. The Bertz CT molecular complexity index is 290. The summed E-state index contributed by atoms with van der Waals surface area (Å²) in [6, 6.07) is 0. The van der Waals surface area contributed by atoms with E-state index in [1.54, 1.807) is 6.92 Å². The largest absolute Gasteiger partial charge is 0.466 e. The summed E-state index contributed by atoms with van der Waals surface area (Å²) < 4.78 is 4.82. The Kier molecular flexibility index (Phi) is 14.1. The third-order valence-electron chi connectivity index (χ3n) is 3.25. The molecule has 0 spiro atoms. The van der Waals surface area contributed by atoms with Crippen LogP contribution in [0.15, 0.2) is 12.7 Å². The fraction of sp³-hybridized carbons (Fsp3) is 0.765. The molecule has 1 N–H and O–H groups in total. The molecule has 1 amide bonds. The highest BCUT2D eigenvalue weighted by molar-refractivity contribution is 5.75. The zero-order chi connectivity index (χ0) is 15.8. The van der Waals surface area contributed by atoms with E-state index in [0.717, 1.165) is 19.3 Å². The van der Waals surface area contributed by atoms with Gasteiger partial charge in [0.1, 0.15) is 0 Å². The fourth-order valence-electron chi connectivity index (χ4n) is 2.06. The van der Waals surface area contributed by atoms with Crippen LogP contribution in [0.5, 0.6) is 0 Å². The van der Waals surface area contributed by atoms with Gasteiger partial charge in [0, 0.05) is 19.4 Å². The van der Waals surface area contributed by atoms with Gasteiger partial charge in [-0.25, -0.2) is 0 Å². The highest BCUT2D eigenvalue weighted by Crippen LogP contribution is 2.08. The number of ether oxygens (including phenoxy) is 1. The van der Waals surface area contributed by atoms with E-state index in [9.17, 15) is 9.59 Å². The van der Waals surface area contributed by atoms with Crippen LogP contribution in [0.25, 0.3) is 0 Å². The van der Waals surface area contributed by atoms with Gasteiger partial charge in [0.05, 0.1) is 6.61 Å². The van der Waals surface area contributed by atoms with Crippen molar-refractivity contribution < 1.29 is 14.3 Å². The van der Waals surface area contributed by atoms with E-state index in [2.05, 4.69) is 11.9 Å². The maximum atomic E-state index is 11.5. The van der Waals surface area contributed by atoms with E-state index >= 15 is 0 Å². The minimum absolute atomic E-state index is 0.0884. The monoisotopic (exact) mass is 297 g/mol. The molecule has 0 fully saturated rings. The number of unbranched alkanes of at least 4 members (excludes halogenated alkanes) is 6. The van der Waals surface area contributed by atoms with Crippen LogP contribution in [0, 0.1) is 0 Å². The lowest BCUT2D eigenvalue weighted by molar-refractivity contribution is -0.143. The van der Waals surface area contributed by atoms with E-state index < -0.39 is 0 Å². The zero-order valence-corrected chi connectivity index (χ0v) is 13.5. The van der Waals surface area contributed by atoms with E-state index in [1.165, 1.54) is 25.7 Å². The van der Waals surface area contributed by atoms with Crippen LogP contribution in [-0.2, 0) is 14.3 Å². The third kappa shape index (κ3) is 14.9. The summed E-state index contributed by atoms with van der Waals surface area (Å²) in [6.07, 6.45) is 11.7. The predicted molar refractivity (Wildman–Crippen MR) is 86.0 cm³/mol. The smallest absolute Gasteiger partial charge is 0.305 e. The molecule has 0 aromatic heterocycles. The highest BCUT2D eigenvalue weighted by atomic mass is 16.5. The molecule has 0 bridgehead atoms. The predicted octanol–water partition coefficient (Wildman–Crippen LogP) is 3.75. The molecular weight excluding hydrogens is 266 g/mol. The number of hydrogen-bond donors (Lipinski definition) is 1. The Morgan fingerprint density at radius 1 is 1.00 bits per heavy atom. The summed E-state index contributed by atoms with van der Waals surface area (Å²) in [5.74, 6) is -0.103. The van der Waals surface area contributed by atoms with Gasteiger partial charge in [0.2, 0.25) is 5.91 Å². The lowest BCUT2D eigenvalue weighted by Gasteiger charge is -2.05. The number of carbonyl (C=O) groups is 2. The second-order valence-electron chi connectivity index (χ2n) is 5.21. The SMILES string of the molecule is C=CCCCCCCCCC(=O)NCCCC(=O)OCC. The highest BCUT2D eigenvalue weighted by Gasteiger charge is 2.03. The molecular formula is C17H31NO3. The summed E-state index contributed by atoms with van der Waals surface area (Å²) in [5, 5.41) is 2.84. The van der Waals surface area contributed by atoms with Crippen LogP contribution in [-0.4, -0.2) is 25.0 Å². The van der Waals surface area contributed by atoms with Gasteiger partial charge in [-0.05, 0) is 32.6 Å². The molecule has 4 heteroatoms. The van der Waals surface area contributed by atoms with Crippen LogP contribution in [0.2, 0.25) is 0 Å². The average molecular weight is 297 g/mol. The Hall–Kier alpha value is -1.32. The van der Waals surface area contributed by atoms with Crippen LogP contribution in [0.4, 0.5) is 0 Å². The Morgan fingerprint density at radius 3 is 2.33 bits per heavy atom. The summed E-state index contributed by atoms with van der Waals surface area (Å²) in [4.78, 5) is 22.6. The second kappa shape index (κ2) is 15.1. The molecule has 0 rings (SSSR count). The minimum atomic E-state index is -0.191. The van der Waals surface area contributed by atoms with E-state index in [-0.39, 0.29) is 11.9 Å². The van der Waals surface area contributed by atoms with Gasteiger partial charge in [-0.3, -0.25) is 9.59 Å². The number of rotatable bonds is 14. The van der Waals surface area contributed by atoms with Crippen molar-refractivity contribution in [2.45, 2.75) is 71.1 Å². The molecule has 0 saturated carbocycles. The standard InChI is InChI=1S/C17H31NO3/c1-3-5-6-7-8-9-10-11-13-16(19)18-15-12-14-17(20)21-4-2/h3H,1,4-15H2,2H3,(H,18,19). The molecule has 0 aliphatic heterocycles. The number of allylic oxidation sites excluding steroid dienone is 1. The van der Waals surface area contributed by atoms with Crippen LogP contribution >= 0.6 is 0 Å². The van der Waals surface area contributed by atoms with Gasteiger partial charge in [0.15, 0.2) is 0 Å². The van der Waals surface area contributed by atoms with Crippen molar-refractivity contribution in [1.82, 2.24) is 5.32 Å². The number of carbonyl (C=O) groups excluding carboxylic acids is 2. The summed E-state index contributed by atoms with van der Waals surface area (Å²) >= 11 is 0. The average Bonchev–Trinajstić information content (AvgIpc) is 2.47. The van der Waals surface area contributed by atoms with Crippen molar-refractivity contribution >= 4 is 11.9 Å². The number of hydrogen-bond acceptors (Lipinski definition) is 3. The topological polar surface area (TPSA) is 55.4 Å². The first-order chi connectivity index (χ1) is 10.2. The summed E-state index contributed by atoms with van der Waals surface area (Å²) in [6.45, 7) is 6.47. The molecule has 0 atom stereocenters. The van der Waals surface area contributed by atoms with Gasteiger partial charge < -0.3 is 10.1 Å². The van der Waals surface area contributed by atoms with E-state index in [0.29, 0.717) is 32.4 Å². The van der Waals surface area contributed by atoms with Crippen LogP contribution in [0.1, 0.15) is 71.1 Å². The van der Waals surface area contributed by atoms with Gasteiger partial charge >= 0.3 is 5.97 Å². The first-order valence-electron chi connectivity index (χ1n) is 8.24. The lowest BCUT2D eigenvalue weighted by Crippen LogP contribution is -2.24. The molecule has 0 aromatic rings.